The first-order valence-electron chi connectivity index (χ1n) is 10.4. The zero-order valence-electron chi connectivity index (χ0n) is 17.4. The number of hydrogen-bond acceptors (Lipinski definition) is 7. The van der Waals surface area contributed by atoms with Crippen molar-refractivity contribution < 1.29 is 14.0 Å². The molecule has 2 aliphatic rings. The lowest BCUT2D eigenvalue weighted by atomic mass is 9.95. The van der Waals surface area contributed by atoms with Crippen LogP contribution in [0.4, 0.5) is 14.9 Å². The van der Waals surface area contributed by atoms with Crippen molar-refractivity contribution in [3.63, 3.8) is 0 Å². The lowest BCUT2D eigenvalue weighted by Crippen LogP contribution is -2.43. The number of nitrogens with zero attached hydrogens (tertiary/aromatic N) is 3. The quantitative estimate of drug-likeness (QED) is 0.577. The highest BCUT2D eigenvalue weighted by Crippen LogP contribution is 2.35. The fraction of sp³-hybridized carbons (Fsp3) is 0.167. The molecule has 0 aliphatic carbocycles. The number of carbonyl (C=O) groups excluding carboxylic acids is 2. The topological polar surface area (TPSA) is 98.1 Å². The molecule has 164 valence electrons. The number of piperazine rings is 1. The molecule has 3 aromatic rings. The van der Waals surface area contributed by atoms with Crippen LogP contribution in [0.1, 0.15) is 11.1 Å². The minimum Gasteiger partial charge on any atom is -0.367 e. The molecule has 2 aliphatic heterocycles. The standard InChI is InChI=1S/C24H18FN5O2S/c25-18-11-15(2-4-20(18)30-7-5-27-6-8-30)22-16(12-26)13-28-19-3-1-14(9-17(19)22)10-21-23(31)29-24(32)33-21/h1-4,9-11,13,27H,5-8H2,(H,29,31,32). The molecule has 2 N–H and O–H groups in total. The van der Waals surface area contributed by atoms with E-state index in [0.29, 0.717) is 38.8 Å². The average Bonchev–Trinajstić information content (AvgIpc) is 3.14. The van der Waals surface area contributed by atoms with Crippen LogP contribution in [0.3, 0.4) is 0 Å². The van der Waals surface area contributed by atoms with E-state index in [0.717, 1.165) is 37.9 Å². The minimum absolute atomic E-state index is 0.289. The highest BCUT2D eigenvalue weighted by molar-refractivity contribution is 8.18. The molecule has 2 aromatic carbocycles. The molecular weight excluding hydrogens is 441 g/mol. The van der Waals surface area contributed by atoms with Gasteiger partial charge in [0.15, 0.2) is 0 Å². The summed E-state index contributed by atoms with van der Waals surface area (Å²) in [4.78, 5) is 30.0. The molecule has 2 saturated heterocycles. The Labute approximate surface area is 193 Å². The van der Waals surface area contributed by atoms with Gasteiger partial charge in [-0.25, -0.2) is 4.39 Å². The Morgan fingerprint density at radius 3 is 2.67 bits per heavy atom. The number of thioether (sulfide) groups is 1. The highest BCUT2D eigenvalue weighted by Gasteiger charge is 2.25. The van der Waals surface area contributed by atoms with Crippen LogP contribution in [0.25, 0.3) is 28.1 Å². The monoisotopic (exact) mass is 459 g/mol. The second-order valence-corrected chi connectivity index (χ2v) is 8.71. The zero-order chi connectivity index (χ0) is 22.9. The van der Waals surface area contributed by atoms with Gasteiger partial charge in [0.2, 0.25) is 0 Å². The molecule has 3 heterocycles. The number of anilines is 1. The zero-order valence-corrected chi connectivity index (χ0v) is 18.2. The first-order chi connectivity index (χ1) is 16.0. The summed E-state index contributed by atoms with van der Waals surface area (Å²) in [5.74, 6) is -0.793. The van der Waals surface area contributed by atoms with Gasteiger partial charge in [-0.1, -0.05) is 12.1 Å². The van der Waals surface area contributed by atoms with Crippen LogP contribution >= 0.6 is 11.8 Å². The number of benzene rings is 2. The van der Waals surface area contributed by atoms with Crippen LogP contribution in [0.2, 0.25) is 0 Å². The van der Waals surface area contributed by atoms with Crippen LogP contribution in [0.5, 0.6) is 0 Å². The van der Waals surface area contributed by atoms with E-state index in [-0.39, 0.29) is 10.7 Å². The third kappa shape index (κ3) is 4.06. The van der Waals surface area contributed by atoms with E-state index in [4.69, 9.17) is 0 Å². The number of fused-ring (bicyclic) bond motifs is 1. The number of aromatic nitrogens is 1. The largest absolute Gasteiger partial charge is 0.367 e. The second-order valence-electron chi connectivity index (χ2n) is 7.69. The Morgan fingerprint density at radius 1 is 1.15 bits per heavy atom. The van der Waals surface area contributed by atoms with Crippen molar-refractivity contribution >= 4 is 45.6 Å². The molecule has 0 spiro atoms. The summed E-state index contributed by atoms with van der Waals surface area (Å²) in [7, 11) is 0. The third-order valence-corrected chi connectivity index (χ3v) is 6.46. The molecule has 0 saturated carbocycles. The van der Waals surface area contributed by atoms with Gasteiger partial charge in [-0.3, -0.25) is 19.9 Å². The Kier molecular flexibility index (Phi) is 5.54. The van der Waals surface area contributed by atoms with Crippen molar-refractivity contribution in [2.75, 3.05) is 31.1 Å². The lowest BCUT2D eigenvalue weighted by molar-refractivity contribution is -0.115. The molecule has 9 heteroatoms. The number of hydrogen-bond donors (Lipinski definition) is 2. The summed E-state index contributed by atoms with van der Waals surface area (Å²) >= 11 is 0.834. The van der Waals surface area contributed by atoms with Crippen LogP contribution in [0.15, 0.2) is 47.5 Å². The Bertz CT molecular complexity index is 1380. The summed E-state index contributed by atoms with van der Waals surface area (Å²) in [5, 5.41) is 15.5. The van der Waals surface area contributed by atoms with Gasteiger partial charge in [-0.2, -0.15) is 5.26 Å². The normalized spacial score (nSPS) is 17.5. The maximum absolute atomic E-state index is 15.1. The van der Waals surface area contributed by atoms with Gasteiger partial charge in [-0.15, -0.1) is 0 Å². The number of halogens is 1. The highest BCUT2D eigenvalue weighted by atomic mass is 32.2. The SMILES string of the molecule is N#Cc1cnc2ccc(C=C3SC(=O)NC3=O)cc2c1-c1ccc(N2CCNCC2)c(F)c1. The van der Waals surface area contributed by atoms with E-state index in [1.54, 1.807) is 30.3 Å². The molecule has 0 atom stereocenters. The van der Waals surface area contributed by atoms with Crippen LogP contribution in [0, 0.1) is 17.1 Å². The van der Waals surface area contributed by atoms with Crippen molar-refractivity contribution in [3.05, 3.63) is 64.4 Å². The third-order valence-electron chi connectivity index (χ3n) is 5.65. The number of nitrogens with one attached hydrogen (secondary N) is 2. The molecule has 0 bridgehead atoms. The molecule has 1 aromatic heterocycles. The number of rotatable bonds is 3. The summed E-state index contributed by atoms with van der Waals surface area (Å²) in [6.45, 7) is 3.05. The predicted octanol–water partition coefficient (Wildman–Crippen LogP) is 3.65. The van der Waals surface area contributed by atoms with Crippen molar-refractivity contribution in [3.8, 4) is 17.2 Å². The van der Waals surface area contributed by atoms with Crippen LogP contribution in [-0.2, 0) is 4.79 Å². The van der Waals surface area contributed by atoms with Crippen molar-refractivity contribution in [2.45, 2.75) is 0 Å². The molecule has 0 unspecified atom stereocenters. The van der Waals surface area contributed by atoms with E-state index in [2.05, 4.69) is 21.7 Å². The predicted molar refractivity (Wildman–Crippen MR) is 126 cm³/mol. The van der Waals surface area contributed by atoms with Gasteiger partial charge < -0.3 is 10.2 Å². The molecule has 2 fully saturated rings. The molecular formula is C24H18FN5O2S. The molecule has 7 nitrogen and oxygen atoms in total. The molecule has 0 radical (unpaired) electrons. The maximum Gasteiger partial charge on any atom is 0.290 e. The van der Waals surface area contributed by atoms with Gasteiger partial charge in [0, 0.05) is 43.3 Å². The smallest absolute Gasteiger partial charge is 0.290 e. The van der Waals surface area contributed by atoms with E-state index >= 15 is 4.39 Å². The number of carbonyl (C=O) groups is 2. The number of pyridine rings is 1. The fourth-order valence-electron chi connectivity index (χ4n) is 4.09. The molecule has 33 heavy (non-hydrogen) atoms. The van der Waals surface area contributed by atoms with Gasteiger partial charge in [0.05, 0.1) is 21.7 Å². The lowest BCUT2D eigenvalue weighted by Gasteiger charge is -2.29. The Hall–Kier alpha value is -3.74. The van der Waals surface area contributed by atoms with Gasteiger partial charge in [0.25, 0.3) is 11.1 Å². The van der Waals surface area contributed by atoms with E-state index in [9.17, 15) is 14.9 Å². The van der Waals surface area contributed by atoms with Crippen molar-refractivity contribution in [1.29, 1.82) is 5.26 Å². The Morgan fingerprint density at radius 2 is 1.97 bits per heavy atom. The second kappa shape index (κ2) is 8.65. The number of nitriles is 1. The summed E-state index contributed by atoms with van der Waals surface area (Å²) < 4.78 is 15.1. The number of amides is 2. The van der Waals surface area contributed by atoms with E-state index < -0.39 is 11.1 Å². The van der Waals surface area contributed by atoms with Gasteiger partial charge >= 0.3 is 0 Å². The first-order valence-corrected chi connectivity index (χ1v) is 11.2. The average molecular weight is 460 g/mol. The van der Waals surface area contributed by atoms with Gasteiger partial charge in [-0.05, 0) is 53.2 Å². The van der Waals surface area contributed by atoms with E-state index in [1.165, 1.54) is 12.3 Å². The van der Waals surface area contributed by atoms with Gasteiger partial charge in [0.1, 0.15) is 11.9 Å². The molecule has 5 rings (SSSR count). The summed E-state index contributed by atoms with van der Waals surface area (Å²) in [6, 6.07) is 12.5. The van der Waals surface area contributed by atoms with Crippen molar-refractivity contribution in [2.24, 2.45) is 0 Å². The van der Waals surface area contributed by atoms with Crippen LogP contribution < -0.4 is 15.5 Å². The van der Waals surface area contributed by atoms with Crippen molar-refractivity contribution in [1.82, 2.24) is 15.6 Å². The minimum atomic E-state index is -0.445. The maximum atomic E-state index is 15.1. The fourth-order valence-corrected chi connectivity index (χ4v) is 4.77. The molecule has 2 amide bonds. The first kappa shape index (κ1) is 21.1. The summed E-state index contributed by atoms with van der Waals surface area (Å²) in [5.41, 5.74) is 3.32. The van der Waals surface area contributed by atoms with Crippen LogP contribution in [-0.4, -0.2) is 42.3 Å². The van der Waals surface area contributed by atoms with E-state index in [1.807, 2.05) is 11.0 Å². The Balaban J connectivity index is 1.61. The number of imide groups is 1. The summed E-state index contributed by atoms with van der Waals surface area (Å²) in [6.07, 6.45) is 3.10.